The first kappa shape index (κ1) is 25.3. The molecule has 1 amide bonds. The molecule has 3 N–H and O–H groups in total. The largest absolute Gasteiger partial charge is 0.356 e. The van der Waals surface area contributed by atoms with Crippen LogP contribution in [0, 0.1) is 5.82 Å². The summed E-state index contributed by atoms with van der Waals surface area (Å²) in [4.78, 5) is 16.0. The molecule has 0 aliphatic heterocycles. The van der Waals surface area contributed by atoms with Crippen LogP contribution in [-0.2, 0) is 12.8 Å². The fourth-order valence-corrected chi connectivity index (χ4v) is 3.10. The fourth-order valence-electron chi connectivity index (χ4n) is 3.10. The molecule has 7 nitrogen and oxygen atoms in total. The first-order valence-electron chi connectivity index (χ1n) is 10.1. The van der Waals surface area contributed by atoms with E-state index in [2.05, 4.69) is 26.0 Å². The highest BCUT2D eigenvalue weighted by molar-refractivity contribution is 14.0. The Hall–Kier alpha value is -2.95. The zero-order valence-corrected chi connectivity index (χ0v) is 20.5. The van der Waals surface area contributed by atoms with Crippen molar-refractivity contribution in [2.24, 2.45) is 4.99 Å². The number of aromatic nitrogens is 2. The zero-order valence-electron chi connectivity index (χ0n) is 18.1. The van der Waals surface area contributed by atoms with Crippen LogP contribution in [-0.4, -0.2) is 48.8 Å². The van der Waals surface area contributed by atoms with E-state index in [1.165, 1.54) is 12.1 Å². The van der Waals surface area contributed by atoms with Crippen LogP contribution in [0.3, 0.4) is 0 Å². The maximum absolute atomic E-state index is 13.1. The Labute approximate surface area is 204 Å². The van der Waals surface area contributed by atoms with Crippen molar-refractivity contribution in [2.75, 3.05) is 27.2 Å². The van der Waals surface area contributed by atoms with Gasteiger partial charge < -0.3 is 16.0 Å². The Morgan fingerprint density at radius 2 is 1.78 bits per heavy atom. The van der Waals surface area contributed by atoms with Crippen molar-refractivity contribution in [1.29, 1.82) is 0 Å². The molecule has 0 atom stereocenters. The van der Waals surface area contributed by atoms with Crippen molar-refractivity contribution in [1.82, 2.24) is 25.7 Å². The molecule has 0 saturated carbocycles. The Kier molecular flexibility index (Phi) is 10.1. The number of halogens is 2. The molecule has 0 bridgehead atoms. The van der Waals surface area contributed by atoms with Gasteiger partial charge in [0.15, 0.2) is 5.96 Å². The van der Waals surface area contributed by atoms with Gasteiger partial charge in [-0.2, -0.15) is 5.10 Å². The monoisotopic (exact) mass is 550 g/mol. The highest BCUT2D eigenvalue weighted by atomic mass is 127. The van der Waals surface area contributed by atoms with E-state index >= 15 is 0 Å². The van der Waals surface area contributed by atoms with E-state index in [4.69, 9.17) is 0 Å². The number of nitrogens with zero attached hydrogens (tertiary/aromatic N) is 3. The fraction of sp³-hybridized carbons (Fsp3) is 0.261. The molecule has 1 heterocycles. The van der Waals surface area contributed by atoms with E-state index in [-0.39, 0.29) is 35.7 Å². The van der Waals surface area contributed by atoms with E-state index in [1.807, 2.05) is 30.5 Å². The van der Waals surface area contributed by atoms with Crippen molar-refractivity contribution in [3.8, 4) is 5.69 Å². The van der Waals surface area contributed by atoms with Crippen molar-refractivity contribution >= 4 is 35.8 Å². The van der Waals surface area contributed by atoms with Gasteiger partial charge in [0.2, 0.25) is 0 Å². The number of rotatable bonds is 8. The van der Waals surface area contributed by atoms with E-state index in [1.54, 1.807) is 37.0 Å². The summed E-state index contributed by atoms with van der Waals surface area (Å²) in [6.45, 7) is 1.36. The second kappa shape index (κ2) is 12.8. The molecule has 9 heteroatoms. The minimum atomic E-state index is -0.265. The summed E-state index contributed by atoms with van der Waals surface area (Å²) in [5, 5.41) is 13.7. The van der Waals surface area contributed by atoms with Crippen LogP contribution >= 0.6 is 24.0 Å². The second-order valence-corrected chi connectivity index (χ2v) is 6.93. The van der Waals surface area contributed by atoms with Crippen molar-refractivity contribution in [2.45, 2.75) is 12.8 Å². The van der Waals surface area contributed by atoms with Gasteiger partial charge in [-0.1, -0.05) is 12.1 Å². The molecular formula is C23H28FIN6O. The number of hydrogen-bond acceptors (Lipinski definition) is 3. The maximum Gasteiger partial charge on any atom is 0.251 e. The average Bonchev–Trinajstić information content (AvgIpc) is 3.27. The molecule has 32 heavy (non-hydrogen) atoms. The standard InChI is InChI=1S/C23H27FN6O.HI/c1-25-22(31)18-5-3-4-17(16-18)10-13-27-23(26-2)28-14-11-20-12-15-30(29-20)21-8-6-19(24)7-9-21;/h3-9,12,15-16H,10-11,13-14H2,1-2H3,(H,25,31)(H2,26,27,28);1H. The number of hydrogen-bond donors (Lipinski definition) is 3. The van der Waals surface area contributed by atoms with E-state index in [9.17, 15) is 9.18 Å². The predicted molar refractivity (Wildman–Crippen MR) is 136 cm³/mol. The summed E-state index contributed by atoms with van der Waals surface area (Å²) in [6, 6.07) is 15.8. The Bertz CT molecular complexity index is 1030. The number of nitrogens with one attached hydrogen (secondary N) is 3. The quantitative estimate of drug-likeness (QED) is 0.229. The average molecular weight is 550 g/mol. The zero-order chi connectivity index (χ0) is 22.1. The lowest BCUT2D eigenvalue weighted by Gasteiger charge is -2.11. The summed E-state index contributed by atoms with van der Waals surface area (Å²) in [6.07, 6.45) is 3.36. The number of guanidine groups is 1. The number of benzene rings is 2. The van der Waals surface area contributed by atoms with Crippen LogP contribution in [0.2, 0.25) is 0 Å². The van der Waals surface area contributed by atoms with Gasteiger partial charge >= 0.3 is 0 Å². The molecule has 0 spiro atoms. The van der Waals surface area contributed by atoms with Gasteiger partial charge in [0, 0.05) is 45.4 Å². The van der Waals surface area contributed by atoms with Crippen LogP contribution in [0.25, 0.3) is 5.69 Å². The molecule has 0 fully saturated rings. The maximum atomic E-state index is 13.1. The number of carbonyl (C=O) groups is 1. The molecule has 1 aromatic heterocycles. The second-order valence-electron chi connectivity index (χ2n) is 6.93. The first-order valence-corrected chi connectivity index (χ1v) is 10.1. The molecule has 2 aromatic carbocycles. The van der Waals surface area contributed by atoms with Crippen LogP contribution < -0.4 is 16.0 Å². The normalized spacial score (nSPS) is 10.9. The van der Waals surface area contributed by atoms with Gasteiger partial charge in [0.1, 0.15) is 5.82 Å². The summed E-state index contributed by atoms with van der Waals surface area (Å²) < 4.78 is 14.8. The SMILES string of the molecule is CN=C(NCCc1cccc(C(=O)NC)c1)NCCc1ccn(-c2ccc(F)cc2)n1.I. The highest BCUT2D eigenvalue weighted by Crippen LogP contribution is 2.09. The van der Waals surface area contributed by atoms with Crippen molar-refractivity contribution in [3.05, 3.63) is 83.4 Å². The molecule has 0 aliphatic carbocycles. The molecule has 0 saturated heterocycles. The molecular weight excluding hydrogens is 522 g/mol. The lowest BCUT2D eigenvalue weighted by Crippen LogP contribution is -2.39. The molecule has 0 unspecified atom stereocenters. The summed E-state index contributed by atoms with van der Waals surface area (Å²) in [7, 11) is 3.35. The van der Waals surface area contributed by atoms with Crippen LogP contribution in [0.15, 0.2) is 65.8 Å². The van der Waals surface area contributed by atoms with Crippen molar-refractivity contribution in [3.63, 3.8) is 0 Å². The molecule has 3 rings (SSSR count). The van der Waals surface area contributed by atoms with E-state index in [0.717, 1.165) is 29.8 Å². The summed E-state index contributed by atoms with van der Waals surface area (Å²) in [5.74, 6) is 0.355. The third-order valence-corrected chi connectivity index (χ3v) is 4.76. The van der Waals surface area contributed by atoms with Crippen LogP contribution in [0.1, 0.15) is 21.6 Å². The number of aliphatic imine (C=N–C) groups is 1. The summed E-state index contributed by atoms with van der Waals surface area (Å²) in [5.41, 5.74) is 3.48. The number of amides is 1. The first-order chi connectivity index (χ1) is 15.1. The minimum Gasteiger partial charge on any atom is -0.356 e. The number of carbonyl (C=O) groups excluding carboxylic acids is 1. The third-order valence-electron chi connectivity index (χ3n) is 4.76. The van der Waals surface area contributed by atoms with Gasteiger partial charge in [-0.05, 0) is 54.4 Å². The van der Waals surface area contributed by atoms with E-state index in [0.29, 0.717) is 24.6 Å². The smallest absolute Gasteiger partial charge is 0.251 e. The minimum absolute atomic E-state index is 0. The molecule has 0 aliphatic rings. The molecule has 0 radical (unpaired) electrons. The molecule has 3 aromatic rings. The van der Waals surface area contributed by atoms with Crippen LogP contribution in [0.4, 0.5) is 4.39 Å². The van der Waals surface area contributed by atoms with Gasteiger partial charge in [0.05, 0.1) is 11.4 Å². The van der Waals surface area contributed by atoms with E-state index < -0.39 is 0 Å². The van der Waals surface area contributed by atoms with Crippen molar-refractivity contribution < 1.29 is 9.18 Å². The Morgan fingerprint density at radius 1 is 1.06 bits per heavy atom. The summed E-state index contributed by atoms with van der Waals surface area (Å²) >= 11 is 0. The Morgan fingerprint density at radius 3 is 2.47 bits per heavy atom. The lowest BCUT2D eigenvalue weighted by atomic mass is 10.1. The third kappa shape index (κ3) is 7.33. The van der Waals surface area contributed by atoms with Gasteiger partial charge in [-0.15, -0.1) is 24.0 Å². The van der Waals surface area contributed by atoms with Gasteiger partial charge in [0.25, 0.3) is 5.91 Å². The molecule has 170 valence electrons. The van der Waals surface area contributed by atoms with Crippen LogP contribution in [0.5, 0.6) is 0 Å². The topological polar surface area (TPSA) is 83.3 Å². The predicted octanol–water partition coefficient (Wildman–Crippen LogP) is 2.94. The van der Waals surface area contributed by atoms with Gasteiger partial charge in [-0.3, -0.25) is 9.79 Å². The lowest BCUT2D eigenvalue weighted by molar-refractivity contribution is 0.0963. The highest BCUT2D eigenvalue weighted by Gasteiger charge is 2.05. The van der Waals surface area contributed by atoms with Gasteiger partial charge in [-0.25, -0.2) is 9.07 Å². The Balaban J connectivity index is 0.00000363.